The van der Waals surface area contributed by atoms with E-state index in [-0.39, 0.29) is 5.75 Å². The Balaban J connectivity index is 1.82. The van der Waals surface area contributed by atoms with Gasteiger partial charge in [0.25, 0.3) is 0 Å². The first-order valence-corrected chi connectivity index (χ1v) is 8.74. The van der Waals surface area contributed by atoms with Crippen molar-refractivity contribution in [1.29, 1.82) is 0 Å². The van der Waals surface area contributed by atoms with Crippen molar-refractivity contribution >= 4 is 32.7 Å². The largest absolute Gasteiger partial charge is 0.331 e. The molecule has 0 aliphatic heterocycles. The zero-order valence-corrected chi connectivity index (χ0v) is 12.7. The minimum atomic E-state index is -3.19. The number of alkyl halides is 1. The summed E-state index contributed by atoms with van der Waals surface area (Å²) >= 11 is 5.49. The Bertz CT molecular complexity index is 654. The molecule has 0 atom stereocenters. The maximum atomic E-state index is 11.6. The van der Waals surface area contributed by atoms with Crippen molar-refractivity contribution in [1.82, 2.24) is 14.3 Å². The minimum Gasteiger partial charge on any atom is -0.331 e. The zero-order valence-electron chi connectivity index (χ0n) is 11.1. The minimum absolute atomic E-state index is 0.0878. The fraction of sp³-hybridized carbons (Fsp3) is 0.462. The van der Waals surface area contributed by atoms with Crippen LogP contribution >= 0.6 is 11.6 Å². The molecule has 0 amide bonds. The third-order valence-corrected chi connectivity index (χ3v) is 4.71. The number of fused-ring (bicyclic) bond motifs is 1. The van der Waals surface area contributed by atoms with Gasteiger partial charge < -0.3 is 4.57 Å². The molecule has 2 rings (SSSR count). The van der Waals surface area contributed by atoms with E-state index in [1.807, 2.05) is 28.8 Å². The van der Waals surface area contributed by atoms with Crippen molar-refractivity contribution in [2.75, 3.05) is 18.2 Å². The Morgan fingerprint density at radius 1 is 1.25 bits per heavy atom. The van der Waals surface area contributed by atoms with Crippen LogP contribution in [0.2, 0.25) is 0 Å². The van der Waals surface area contributed by atoms with Gasteiger partial charge in [0.05, 0.1) is 23.1 Å². The van der Waals surface area contributed by atoms with Crippen molar-refractivity contribution in [3.05, 3.63) is 30.6 Å². The molecule has 0 aliphatic rings. The van der Waals surface area contributed by atoms with E-state index in [1.54, 1.807) is 6.33 Å². The Labute approximate surface area is 124 Å². The molecule has 2 aromatic rings. The van der Waals surface area contributed by atoms with Crippen LogP contribution in [0.15, 0.2) is 30.6 Å². The van der Waals surface area contributed by atoms with Gasteiger partial charge in [0.1, 0.15) is 0 Å². The van der Waals surface area contributed by atoms with Gasteiger partial charge in [-0.05, 0) is 25.0 Å². The molecule has 1 aromatic heterocycles. The molecule has 20 heavy (non-hydrogen) atoms. The molecule has 1 aromatic carbocycles. The quantitative estimate of drug-likeness (QED) is 0.598. The van der Waals surface area contributed by atoms with Crippen LogP contribution < -0.4 is 4.72 Å². The van der Waals surface area contributed by atoms with Gasteiger partial charge in [-0.1, -0.05) is 12.1 Å². The summed E-state index contributed by atoms with van der Waals surface area (Å²) in [5, 5.41) is 0. The standard InChI is InChI=1S/C13H18ClN3O2S/c14-7-3-10-20(18,19)16-8-4-9-17-11-15-12-5-1-2-6-13(12)17/h1-2,5-6,11,16H,3-4,7-10H2. The second-order valence-corrected chi connectivity index (χ2v) is 6.84. The lowest BCUT2D eigenvalue weighted by atomic mass is 10.3. The van der Waals surface area contributed by atoms with Crippen molar-refractivity contribution < 1.29 is 8.42 Å². The maximum absolute atomic E-state index is 11.6. The van der Waals surface area contributed by atoms with E-state index < -0.39 is 10.0 Å². The molecule has 7 heteroatoms. The lowest BCUT2D eigenvalue weighted by Gasteiger charge is -2.07. The van der Waals surface area contributed by atoms with Crippen LogP contribution in [0.1, 0.15) is 12.8 Å². The molecule has 0 bridgehead atoms. The Morgan fingerprint density at radius 3 is 2.85 bits per heavy atom. The maximum Gasteiger partial charge on any atom is 0.211 e. The second-order valence-electron chi connectivity index (χ2n) is 4.54. The molecular formula is C13H18ClN3O2S. The molecule has 0 radical (unpaired) electrons. The van der Waals surface area contributed by atoms with Crippen LogP contribution in [0, 0.1) is 0 Å². The lowest BCUT2D eigenvalue weighted by molar-refractivity contribution is 0.570. The van der Waals surface area contributed by atoms with Crippen LogP contribution in [0.25, 0.3) is 11.0 Å². The van der Waals surface area contributed by atoms with Gasteiger partial charge in [-0.2, -0.15) is 0 Å². The number of hydrogen-bond acceptors (Lipinski definition) is 3. The molecule has 0 aliphatic carbocycles. The summed E-state index contributed by atoms with van der Waals surface area (Å²) in [6.45, 7) is 1.16. The highest BCUT2D eigenvalue weighted by molar-refractivity contribution is 7.89. The summed E-state index contributed by atoms with van der Waals surface area (Å²) in [5.41, 5.74) is 2.02. The van der Waals surface area contributed by atoms with Gasteiger partial charge >= 0.3 is 0 Å². The van der Waals surface area contributed by atoms with Crippen LogP contribution in [0.5, 0.6) is 0 Å². The summed E-state index contributed by atoms with van der Waals surface area (Å²) in [6, 6.07) is 7.88. The molecule has 5 nitrogen and oxygen atoms in total. The smallest absolute Gasteiger partial charge is 0.211 e. The summed E-state index contributed by atoms with van der Waals surface area (Å²) in [6.07, 6.45) is 2.98. The number of aromatic nitrogens is 2. The van der Waals surface area contributed by atoms with Crippen molar-refractivity contribution in [3.8, 4) is 0 Å². The molecule has 0 fully saturated rings. The molecule has 0 saturated carbocycles. The van der Waals surface area contributed by atoms with Gasteiger partial charge in [0, 0.05) is 19.0 Å². The van der Waals surface area contributed by atoms with Crippen LogP contribution in [0.3, 0.4) is 0 Å². The van der Waals surface area contributed by atoms with Gasteiger partial charge in [0.15, 0.2) is 0 Å². The average molecular weight is 316 g/mol. The first-order valence-electron chi connectivity index (χ1n) is 6.55. The van der Waals surface area contributed by atoms with E-state index in [1.165, 1.54) is 0 Å². The molecule has 1 N–H and O–H groups in total. The monoisotopic (exact) mass is 315 g/mol. The molecule has 110 valence electrons. The van der Waals surface area contributed by atoms with Crippen LogP contribution in [0.4, 0.5) is 0 Å². The third kappa shape index (κ3) is 4.19. The van der Waals surface area contributed by atoms with E-state index in [9.17, 15) is 8.42 Å². The first-order chi connectivity index (χ1) is 9.62. The summed E-state index contributed by atoms with van der Waals surface area (Å²) in [7, 11) is -3.19. The SMILES string of the molecule is O=S(=O)(CCCCl)NCCCn1cnc2ccccc21. The summed E-state index contributed by atoms with van der Waals surface area (Å²) < 4.78 is 27.8. The number of para-hydroxylation sites is 2. The van der Waals surface area contributed by atoms with Crippen molar-refractivity contribution in [2.24, 2.45) is 0 Å². The number of sulfonamides is 1. The predicted octanol–water partition coefficient (Wildman–Crippen LogP) is 1.97. The van der Waals surface area contributed by atoms with E-state index in [2.05, 4.69) is 9.71 Å². The number of imidazole rings is 1. The van der Waals surface area contributed by atoms with Gasteiger partial charge in [-0.25, -0.2) is 18.1 Å². The lowest BCUT2D eigenvalue weighted by Crippen LogP contribution is -2.28. The first kappa shape index (κ1) is 15.3. The Hall–Kier alpha value is -1.11. The number of hydrogen-bond donors (Lipinski definition) is 1. The average Bonchev–Trinajstić information content (AvgIpc) is 2.85. The summed E-state index contributed by atoms with van der Waals surface area (Å²) in [4.78, 5) is 4.30. The highest BCUT2D eigenvalue weighted by Gasteiger charge is 2.08. The molecule has 0 saturated heterocycles. The number of benzene rings is 1. The number of nitrogens with one attached hydrogen (secondary N) is 1. The van der Waals surface area contributed by atoms with Crippen molar-refractivity contribution in [2.45, 2.75) is 19.4 Å². The zero-order chi connectivity index (χ0) is 14.4. The van der Waals surface area contributed by atoms with E-state index in [4.69, 9.17) is 11.6 Å². The third-order valence-electron chi connectivity index (χ3n) is 2.97. The topological polar surface area (TPSA) is 64.0 Å². The van der Waals surface area contributed by atoms with E-state index in [0.717, 1.165) is 24.0 Å². The van der Waals surface area contributed by atoms with Crippen LogP contribution in [-0.2, 0) is 16.6 Å². The fourth-order valence-corrected chi connectivity index (χ4v) is 3.40. The number of aryl methyl sites for hydroxylation is 1. The molecular weight excluding hydrogens is 298 g/mol. The molecule has 0 unspecified atom stereocenters. The molecule has 1 heterocycles. The second kappa shape index (κ2) is 7.06. The van der Waals surface area contributed by atoms with Gasteiger partial charge in [-0.15, -0.1) is 11.6 Å². The molecule has 0 spiro atoms. The van der Waals surface area contributed by atoms with E-state index in [0.29, 0.717) is 18.8 Å². The number of nitrogens with zero attached hydrogens (tertiary/aromatic N) is 2. The highest BCUT2D eigenvalue weighted by atomic mass is 35.5. The van der Waals surface area contributed by atoms with Crippen LogP contribution in [-0.4, -0.2) is 36.1 Å². The van der Waals surface area contributed by atoms with E-state index >= 15 is 0 Å². The normalized spacial score (nSPS) is 12.1. The number of rotatable bonds is 8. The Kier molecular flexibility index (Phi) is 5.39. The fourth-order valence-electron chi connectivity index (χ4n) is 1.98. The summed E-state index contributed by atoms with van der Waals surface area (Å²) in [5.74, 6) is 0.451. The number of halogens is 1. The van der Waals surface area contributed by atoms with Crippen molar-refractivity contribution in [3.63, 3.8) is 0 Å². The highest BCUT2D eigenvalue weighted by Crippen LogP contribution is 2.11. The van der Waals surface area contributed by atoms with Gasteiger partial charge in [-0.3, -0.25) is 0 Å². The Morgan fingerprint density at radius 2 is 2.05 bits per heavy atom. The van der Waals surface area contributed by atoms with Gasteiger partial charge in [0.2, 0.25) is 10.0 Å². The predicted molar refractivity (Wildman–Crippen MR) is 81.5 cm³/mol.